The molecule has 0 amide bonds. The first-order valence-corrected chi connectivity index (χ1v) is 3.11. The Balaban J connectivity index is 0.000000605. The van der Waals surface area contributed by atoms with Crippen molar-refractivity contribution in [2.75, 3.05) is 0 Å². The van der Waals surface area contributed by atoms with E-state index in [1.54, 1.807) is 6.33 Å². The number of rotatable bonds is 0. The number of para-hydroxylation sites is 1. The van der Waals surface area contributed by atoms with Crippen molar-refractivity contribution >= 4 is 10.9 Å². The van der Waals surface area contributed by atoms with Gasteiger partial charge in [-0.2, -0.15) is 0 Å². The summed E-state index contributed by atoms with van der Waals surface area (Å²) in [6, 6.07) is 7.91. The maximum absolute atomic E-state index is 4.07. The summed E-state index contributed by atoms with van der Waals surface area (Å²) in [5.74, 6) is 0. The third-order valence-electron chi connectivity index (χ3n) is 1.41. The lowest BCUT2D eigenvalue weighted by molar-refractivity contribution is 1.11. The van der Waals surface area contributed by atoms with Crippen LogP contribution in [0.25, 0.3) is 10.9 Å². The molecule has 2 aromatic rings. The molecule has 2 rings (SSSR count). The number of halogens is 1. The Kier molecular flexibility index (Phi) is 2.11. The van der Waals surface area contributed by atoms with Crippen molar-refractivity contribution in [2.24, 2.45) is 0 Å². The van der Waals surface area contributed by atoms with Gasteiger partial charge in [0.2, 0.25) is 0 Å². The van der Waals surface area contributed by atoms with Gasteiger partial charge in [0.1, 0.15) is 6.33 Å². The van der Waals surface area contributed by atoms with E-state index in [0.29, 0.717) is 0 Å². The summed E-state index contributed by atoms with van der Waals surface area (Å²) in [7, 11) is 0. The van der Waals surface area contributed by atoms with Crippen molar-refractivity contribution in [3.8, 4) is 0 Å². The largest absolute Gasteiger partial charge is 0.269 e. The molecule has 1 heterocycles. The summed E-state index contributed by atoms with van der Waals surface area (Å²) in [5, 5.41) is 1.09. The van der Waals surface area contributed by atoms with Gasteiger partial charge >= 0.3 is 0 Å². The Labute approximate surface area is 63.3 Å². The number of benzene rings is 1. The zero-order valence-corrected chi connectivity index (χ0v) is 5.77. The molecule has 0 saturated carbocycles. The number of hydrogen-bond donors (Lipinski definition) is 0. The molecule has 1 aromatic heterocycles. The molecule has 0 N–H and O–H groups in total. The predicted molar refractivity (Wildman–Crippen MR) is 42.0 cm³/mol. The molecular formula is C8H7FN2. The highest BCUT2D eigenvalue weighted by Crippen LogP contribution is 2.06. The number of hydrogen-bond acceptors (Lipinski definition) is 2. The zero-order chi connectivity index (χ0) is 6.81. The van der Waals surface area contributed by atoms with Gasteiger partial charge in [-0.05, 0) is 6.07 Å². The zero-order valence-electron chi connectivity index (χ0n) is 5.77. The molecule has 1 aromatic carbocycles. The first kappa shape index (κ1) is 7.60. The van der Waals surface area contributed by atoms with E-state index in [9.17, 15) is 0 Å². The van der Waals surface area contributed by atoms with Crippen LogP contribution < -0.4 is 0 Å². The van der Waals surface area contributed by atoms with E-state index >= 15 is 0 Å². The fourth-order valence-corrected chi connectivity index (χ4v) is 0.923. The first-order chi connectivity index (χ1) is 4.97. The molecule has 0 radical (unpaired) electrons. The molecule has 0 spiro atoms. The van der Waals surface area contributed by atoms with Crippen molar-refractivity contribution in [2.45, 2.75) is 0 Å². The highest BCUT2D eigenvalue weighted by Gasteiger charge is 1.87. The maximum atomic E-state index is 4.07. The van der Waals surface area contributed by atoms with Crippen LogP contribution in [0, 0.1) is 0 Å². The molecule has 0 aliphatic rings. The van der Waals surface area contributed by atoms with Gasteiger partial charge < -0.3 is 0 Å². The molecule has 3 heteroatoms. The van der Waals surface area contributed by atoms with Crippen LogP contribution in [0.4, 0.5) is 4.70 Å². The van der Waals surface area contributed by atoms with Gasteiger partial charge in [0.25, 0.3) is 0 Å². The molecule has 0 unspecified atom stereocenters. The van der Waals surface area contributed by atoms with E-state index in [2.05, 4.69) is 9.97 Å². The molecule has 0 atom stereocenters. The van der Waals surface area contributed by atoms with Gasteiger partial charge in [-0.3, -0.25) is 4.70 Å². The second kappa shape index (κ2) is 3.05. The van der Waals surface area contributed by atoms with Crippen LogP contribution in [-0.2, 0) is 0 Å². The predicted octanol–water partition coefficient (Wildman–Crippen LogP) is 1.78. The second-order valence-electron chi connectivity index (χ2n) is 2.08. The average molecular weight is 150 g/mol. The molecular weight excluding hydrogens is 143 g/mol. The molecule has 0 bridgehead atoms. The summed E-state index contributed by atoms with van der Waals surface area (Å²) >= 11 is 0. The summed E-state index contributed by atoms with van der Waals surface area (Å²) < 4.78 is 0. The summed E-state index contributed by atoms with van der Waals surface area (Å²) in [5.41, 5.74) is 0.998. The fraction of sp³-hybridized carbons (Fsp3) is 0. The fourth-order valence-electron chi connectivity index (χ4n) is 0.923. The van der Waals surface area contributed by atoms with E-state index in [4.69, 9.17) is 0 Å². The van der Waals surface area contributed by atoms with Gasteiger partial charge in [-0.25, -0.2) is 9.97 Å². The van der Waals surface area contributed by atoms with Crippen molar-refractivity contribution in [3.63, 3.8) is 0 Å². The van der Waals surface area contributed by atoms with Crippen molar-refractivity contribution in [3.05, 3.63) is 36.8 Å². The quantitative estimate of drug-likeness (QED) is 0.572. The maximum Gasteiger partial charge on any atom is 0.116 e. The van der Waals surface area contributed by atoms with Crippen molar-refractivity contribution < 1.29 is 4.70 Å². The molecule has 2 nitrogen and oxygen atoms in total. The smallest absolute Gasteiger partial charge is 0.116 e. The van der Waals surface area contributed by atoms with Crippen LogP contribution in [-0.4, -0.2) is 9.97 Å². The molecule has 56 valence electrons. The number of aromatic nitrogens is 2. The van der Waals surface area contributed by atoms with Gasteiger partial charge in [0.15, 0.2) is 0 Å². The van der Waals surface area contributed by atoms with E-state index in [-0.39, 0.29) is 4.70 Å². The van der Waals surface area contributed by atoms with E-state index in [0.717, 1.165) is 10.9 Å². The summed E-state index contributed by atoms with van der Waals surface area (Å²) in [4.78, 5) is 7.97. The Bertz CT molecular complexity index is 283. The van der Waals surface area contributed by atoms with Gasteiger partial charge in [-0.1, -0.05) is 18.2 Å². The molecule has 0 fully saturated rings. The van der Waals surface area contributed by atoms with E-state index in [1.165, 1.54) is 0 Å². The topological polar surface area (TPSA) is 25.8 Å². The van der Waals surface area contributed by atoms with E-state index in [1.807, 2.05) is 30.5 Å². The van der Waals surface area contributed by atoms with Crippen LogP contribution in [0.5, 0.6) is 0 Å². The van der Waals surface area contributed by atoms with Crippen LogP contribution in [0.2, 0.25) is 0 Å². The van der Waals surface area contributed by atoms with Crippen LogP contribution in [0.1, 0.15) is 0 Å². The van der Waals surface area contributed by atoms with Crippen LogP contribution >= 0.6 is 0 Å². The third kappa shape index (κ3) is 1.32. The minimum Gasteiger partial charge on any atom is -0.269 e. The lowest BCUT2D eigenvalue weighted by atomic mass is 10.2. The monoisotopic (exact) mass is 150 g/mol. The molecule has 0 aliphatic heterocycles. The Morgan fingerprint density at radius 2 is 1.91 bits per heavy atom. The lowest BCUT2D eigenvalue weighted by Gasteiger charge is -1.90. The van der Waals surface area contributed by atoms with Gasteiger partial charge in [0.05, 0.1) is 5.52 Å². The Morgan fingerprint density at radius 3 is 2.73 bits per heavy atom. The molecule has 11 heavy (non-hydrogen) atoms. The SMILES string of the molecule is F.c1ccc2ncncc2c1. The van der Waals surface area contributed by atoms with Crippen LogP contribution in [0.15, 0.2) is 36.8 Å². The third-order valence-corrected chi connectivity index (χ3v) is 1.41. The highest BCUT2D eigenvalue weighted by atomic mass is 19.0. The first-order valence-electron chi connectivity index (χ1n) is 3.11. The minimum atomic E-state index is 0. The number of fused-ring (bicyclic) bond motifs is 1. The average Bonchev–Trinajstić information content (AvgIpc) is 2.05. The van der Waals surface area contributed by atoms with E-state index < -0.39 is 0 Å². The summed E-state index contributed by atoms with van der Waals surface area (Å²) in [6.07, 6.45) is 3.37. The van der Waals surface area contributed by atoms with Crippen LogP contribution in [0.3, 0.4) is 0 Å². The second-order valence-corrected chi connectivity index (χ2v) is 2.08. The highest BCUT2D eigenvalue weighted by molar-refractivity contribution is 5.76. The van der Waals surface area contributed by atoms with Crippen molar-refractivity contribution in [1.29, 1.82) is 0 Å². The standard InChI is InChI=1S/C8H6N2.FH/c1-2-4-8-7(3-1)5-9-6-10-8;/h1-6H;1H. The Morgan fingerprint density at radius 1 is 1.09 bits per heavy atom. The minimum absolute atomic E-state index is 0. The van der Waals surface area contributed by atoms with Gasteiger partial charge in [-0.15, -0.1) is 0 Å². The van der Waals surface area contributed by atoms with Gasteiger partial charge in [0, 0.05) is 11.6 Å². The molecule has 0 aliphatic carbocycles. The molecule has 0 saturated heterocycles. The number of nitrogens with zero attached hydrogens (tertiary/aromatic N) is 2. The lowest BCUT2D eigenvalue weighted by Crippen LogP contribution is -1.77. The van der Waals surface area contributed by atoms with Crippen molar-refractivity contribution in [1.82, 2.24) is 9.97 Å². The summed E-state index contributed by atoms with van der Waals surface area (Å²) in [6.45, 7) is 0. The Hall–Kier alpha value is -1.51. The normalized spacial score (nSPS) is 9.09.